The second-order valence-electron chi connectivity index (χ2n) is 4.44. The Morgan fingerprint density at radius 2 is 2.06 bits per heavy atom. The van der Waals surface area contributed by atoms with Crippen molar-refractivity contribution in [3.8, 4) is 0 Å². The molecule has 2 N–H and O–H groups in total. The molecule has 0 aliphatic carbocycles. The van der Waals surface area contributed by atoms with Crippen LogP contribution in [0.2, 0.25) is 0 Å². The molecule has 1 aromatic rings. The van der Waals surface area contributed by atoms with Crippen LogP contribution in [0.5, 0.6) is 0 Å². The summed E-state index contributed by atoms with van der Waals surface area (Å²) in [6.45, 7) is 1.19. The number of carboxylic acids is 1. The van der Waals surface area contributed by atoms with Crippen LogP contribution in [-0.4, -0.2) is 35.9 Å². The van der Waals surface area contributed by atoms with E-state index < -0.39 is 17.4 Å². The number of rotatable bonds is 4. The number of anilines is 1. The first kappa shape index (κ1) is 13.4. The molecule has 0 fully saturated rings. The molecule has 0 spiro atoms. The lowest BCUT2D eigenvalue weighted by atomic mass is 9.96. The van der Waals surface area contributed by atoms with Gasteiger partial charge >= 0.3 is 5.97 Å². The second-order valence-corrected chi connectivity index (χ2v) is 4.44. The zero-order chi connectivity index (χ0) is 13.2. The van der Waals surface area contributed by atoms with E-state index in [1.165, 1.54) is 13.0 Å². The average Bonchev–Trinajstić information content (AvgIpc) is 2.15. The summed E-state index contributed by atoms with van der Waals surface area (Å²) >= 11 is 0. The van der Waals surface area contributed by atoms with Gasteiger partial charge in [0.1, 0.15) is 5.82 Å². The SMILES string of the molecule is CN(C)c1ccc(CC(C)(O)C(=O)O)cc1F. The summed E-state index contributed by atoms with van der Waals surface area (Å²) in [4.78, 5) is 12.4. The highest BCUT2D eigenvalue weighted by Crippen LogP contribution is 2.21. The van der Waals surface area contributed by atoms with Crippen LogP contribution in [0.4, 0.5) is 10.1 Å². The van der Waals surface area contributed by atoms with Gasteiger partial charge in [-0.3, -0.25) is 0 Å². The third-order valence-electron chi connectivity index (χ3n) is 2.50. The van der Waals surface area contributed by atoms with Gasteiger partial charge in [-0.25, -0.2) is 9.18 Å². The summed E-state index contributed by atoms with van der Waals surface area (Å²) in [6.07, 6.45) is -0.132. The van der Waals surface area contributed by atoms with Crippen LogP contribution >= 0.6 is 0 Å². The van der Waals surface area contributed by atoms with Crippen LogP contribution in [0.3, 0.4) is 0 Å². The number of aliphatic hydroxyl groups is 1. The predicted octanol–water partition coefficient (Wildman–Crippen LogP) is 1.27. The maximum absolute atomic E-state index is 13.6. The molecule has 0 bridgehead atoms. The fourth-order valence-electron chi connectivity index (χ4n) is 1.50. The average molecular weight is 241 g/mol. The molecule has 4 nitrogen and oxygen atoms in total. The maximum atomic E-state index is 13.6. The Morgan fingerprint density at radius 3 is 2.47 bits per heavy atom. The fourth-order valence-corrected chi connectivity index (χ4v) is 1.50. The first-order valence-electron chi connectivity index (χ1n) is 5.15. The van der Waals surface area contributed by atoms with Crippen LogP contribution in [0.1, 0.15) is 12.5 Å². The van der Waals surface area contributed by atoms with Gasteiger partial charge in [0, 0.05) is 20.5 Å². The quantitative estimate of drug-likeness (QED) is 0.833. The van der Waals surface area contributed by atoms with Crippen LogP contribution in [-0.2, 0) is 11.2 Å². The standard InChI is InChI=1S/C12H16FNO3/c1-12(17,11(15)16)7-8-4-5-10(14(2)3)9(13)6-8/h4-6,17H,7H2,1-3H3,(H,15,16). The largest absolute Gasteiger partial charge is 0.479 e. The minimum atomic E-state index is -1.88. The van der Waals surface area contributed by atoms with E-state index >= 15 is 0 Å². The van der Waals surface area contributed by atoms with Crippen molar-refractivity contribution < 1.29 is 19.4 Å². The number of nitrogens with zero attached hydrogens (tertiary/aromatic N) is 1. The molecule has 1 aromatic carbocycles. The van der Waals surface area contributed by atoms with Crippen LogP contribution in [0, 0.1) is 5.82 Å². The molecule has 0 aromatic heterocycles. The second kappa shape index (κ2) is 4.71. The van der Waals surface area contributed by atoms with Crippen molar-refractivity contribution in [2.75, 3.05) is 19.0 Å². The number of carbonyl (C=O) groups is 1. The molecule has 0 heterocycles. The van der Waals surface area contributed by atoms with E-state index in [1.54, 1.807) is 31.1 Å². The Kier molecular flexibility index (Phi) is 3.72. The van der Waals surface area contributed by atoms with E-state index in [1.807, 2.05) is 0 Å². The van der Waals surface area contributed by atoms with Crippen molar-refractivity contribution in [3.05, 3.63) is 29.6 Å². The lowest BCUT2D eigenvalue weighted by Gasteiger charge is -2.19. The van der Waals surface area contributed by atoms with Crippen molar-refractivity contribution in [1.29, 1.82) is 0 Å². The van der Waals surface area contributed by atoms with Gasteiger partial charge in [0.15, 0.2) is 5.60 Å². The van der Waals surface area contributed by atoms with Crippen LogP contribution in [0.25, 0.3) is 0 Å². The lowest BCUT2D eigenvalue weighted by Crippen LogP contribution is -2.37. The minimum Gasteiger partial charge on any atom is -0.479 e. The zero-order valence-corrected chi connectivity index (χ0v) is 10.1. The van der Waals surface area contributed by atoms with Gasteiger partial charge in [-0.1, -0.05) is 6.07 Å². The molecule has 17 heavy (non-hydrogen) atoms. The van der Waals surface area contributed by atoms with Crippen LogP contribution in [0.15, 0.2) is 18.2 Å². The number of aliphatic carboxylic acids is 1. The topological polar surface area (TPSA) is 60.8 Å². The predicted molar refractivity (Wildman–Crippen MR) is 62.7 cm³/mol. The van der Waals surface area contributed by atoms with Crippen molar-refractivity contribution in [2.24, 2.45) is 0 Å². The summed E-state index contributed by atoms with van der Waals surface area (Å²) in [5, 5.41) is 18.3. The van der Waals surface area contributed by atoms with Gasteiger partial charge in [-0.15, -0.1) is 0 Å². The van der Waals surface area contributed by atoms with Crippen molar-refractivity contribution >= 4 is 11.7 Å². The Morgan fingerprint density at radius 1 is 1.47 bits per heavy atom. The molecule has 0 saturated heterocycles. The van der Waals surface area contributed by atoms with Crippen molar-refractivity contribution in [3.63, 3.8) is 0 Å². The monoisotopic (exact) mass is 241 g/mol. The Bertz CT molecular complexity index is 430. The molecule has 0 radical (unpaired) electrons. The third-order valence-corrected chi connectivity index (χ3v) is 2.50. The molecule has 0 amide bonds. The van der Waals surface area contributed by atoms with E-state index in [2.05, 4.69) is 0 Å². The van der Waals surface area contributed by atoms with E-state index in [9.17, 15) is 14.3 Å². The van der Waals surface area contributed by atoms with Crippen molar-refractivity contribution in [2.45, 2.75) is 18.9 Å². The van der Waals surface area contributed by atoms with E-state index in [0.717, 1.165) is 0 Å². The highest BCUT2D eigenvalue weighted by atomic mass is 19.1. The first-order valence-corrected chi connectivity index (χ1v) is 5.15. The Hall–Kier alpha value is -1.62. The number of hydrogen-bond acceptors (Lipinski definition) is 3. The molecule has 1 rings (SSSR count). The Balaban J connectivity index is 2.96. The summed E-state index contributed by atoms with van der Waals surface area (Å²) in [6, 6.07) is 4.41. The van der Waals surface area contributed by atoms with E-state index in [-0.39, 0.29) is 6.42 Å². The van der Waals surface area contributed by atoms with E-state index in [0.29, 0.717) is 11.3 Å². The van der Waals surface area contributed by atoms with Gasteiger partial charge in [0.2, 0.25) is 0 Å². The number of hydrogen-bond donors (Lipinski definition) is 2. The van der Waals surface area contributed by atoms with Gasteiger partial charge in [-0.2, -0.15) is 0 Å². The minimum absolute atomic E-state index is 0.132. The van der Waals surface area contributed by atoms with Gasteiger partial charge in [0.25, 0.3) is 0 Å². The molecule has 1 unspecified atom stereocenters. The molecular formula is C12H16FNO3. The molecule has 5 heteroatoms. The lowest BCUT2D eigenvalue weighted by molar-refractivity contribution is -0.156. The summed E-state index contributed by atoms with van der Waals surface area (Å²) < 4.78 is 13.6. The Labute approximate surface area is 99.3 Å². The number of benzene rings is 1. The third kappa shape index (κ3) is 3.17. The van der Waals surface area contributed by atoms with Gasteiger partial charge in [0.05, 0.1) is 5.69 Å². The van der Waals surface area contributed by atoms with Crippen molar-refractivity contribution in [1.82, 2.24) is 0 Å². The summed E-state index contributed by atoms with van der Waals surface area (Å²) in [7, 11) is 3.43. The van der Waals surface area contributed by atoms with Gasteiger partial charge in [-0.05, 0) is 24.6 Å². The molecular weight excluding hydrogens is 225 g/mol. The van der Waals surface area contributed by atoms with Crippen LogP contribution < -0.4 is 4.90 Å². The fraction of sp³-hybridized carbons (Fsp3) is 0.417. The van der Waals surface area contributed by atoms with Gasteiger partial charge < -0.3 is 15.1 Å². The number of carboxylic acid groups (broad SMARTS) is 1. The maximum Gasteiger partial charge on any atom is 0.335 e. The molecule has 1 atom stereocenters. The highest BCUT2D eigenvalue weighted by Gasteiger charge is 2.30. The summed E-state index contributed by atoms with van der Waals surface area (Å²) in [5.74, 6) is -1.76. The molecule has 94 valence electrons. The highest BCUT2D eigenvalue weighted by molar-refractivity contribution is 5.77. The normalized spacial score (nSPS) is 14.2. The van der Waals surface area contributed by atoms with E-state index in [4.69, 9.17) is 5.11 Å². The zero-order valence-electron chi connectivity index (χ0n) is 10.1. The molecule has 0 aliphatic rings. The first-order chi connectivity index (χ1) is 7.74. The molecule has 0 saturated carbocycles. The number of halogens is 1. The molecule has 0 aliphatic heterocycles. The smallest absolute Gasteiger partial charge is 0.335 e. The summed E-state index contributed by atoms with van der Waals surface area (Å²) in [5.41, 5.74) is -1.02.